The second-order valence-corrected chi connectivity index (χ2v) is 11.3. The first-order valence-electron chi connectivity index (χ1n) is 16.1. The van der Waals surface area contributed by atoms with Crippen molar-refractivity contribution in [1.82, 2.24) is 9.80 Å². The summed E-state index contributed by atoms with van der Waals surface area (Å²) in [4.78, 5) is 5.17. The van der Waals surface area contributed by atoms with E-state index in [0.29, 0.717) is 6.17 Å². The molecule has 0 N–H and O–H groups in total. The van der Waals surface area contributed by atoms with Gasteiger partial charge in [-0.05, 0) is 18.4 Å². The van der Waals surface area contributed by atoms with Crippen LogP contribution >= 0.6 is 0 Å². The maximum Gasteiger partial charge on any atom is 0.127 e. The molecule has 1 aromatic carbocycles. The first-order chi connectivity index (χ1) is 17.9. The maximum absolute atomic E-state index is 2.59. The van der Waals surface area contributed by atoms with Crippen molar-refractivity contribution in [1.29, 1.82) is 0 Å². The quantitative estimate of drug-likeness (QED) is 0.131. The van der Waals surface area contributed by atoms with Crippen LogP contribution in [0.1, 0.15) is 160 Å². The van der Waals surface area contributed by atoms with Crippen molar-refractivity contribution in [2.75, 3.05) is 13.1 Å². The second kappa shape index (κ2) is 21.6. The monoisotopic (exact) mass is 496 g/mol. The van der Waals surface area contributed by atoms with Crippen LogP contribution in [-0.2, 0) is 0 Å². The van der Waals surface area contributed by atoms with Crippen LogP contribution in [0, 0.1) is 0 Å². The molecule has 1 atom stereocenters. The zero-order chi connectivity index (χ0) is 25.5. The Hall–Kier alpha value is -1.44. The Morgan fingerprint density at radius 3 is 1.14 bits per heavy atom. The van der Waals surface area contributed by atoms with E-state index in [1.165, 1.54) is 153 Å². The minimum atomic E-state index is 0.397. The maximum atomic E-state index is 2.59. The molecule has 0 fully saturated rings. The largest absolute Gasteiger partial charge is 0.352 e. The smallest absolute Gasteiger partial charge is 0.127 e. The molecule has 2 heteroatoms. The lowest BCUT2D eigenvalue weighted by atomic mass is 10.0. The lowest BCUT2D eigenvalue weighted by Crippen LogP contribution is -2.32. The van der Waals surface area contributed by atoms with Gasteiger partial charge in [0.05, 0.1) is 0 Å². The summed E-state index contributed by atoms with van der Waals surface area (Å²) in [5, 5.41) is 0. The van der Waals surface area contributed by atoms with Crippen molar-refractivity contribution in [3.05, 3.63) is 48.3 Å². The Morgan fingerprint density at radius 2 is 0.778 bits per heavy atom. The normalized spacial score (nSPS) is 15.3. The topological polar surface area (TPSA) is 6.48 Å². The highest BCUT2D eigenvalue weighted by atomic mass is 15.4. The number of unbranched alkanes of at least 4 members (excludes halogenated alkanes) is 19. The molecule has 206 valence electrons. The van der Waals surface area contributed by atoms with Crippen LogP contribution in [0.2, 0.25) is 0 Å². The molecule has 0 spiro atoms. The molecule has 1 aliphatic rings. The molecule has 0 radical (unpaired) electrons. The van der Waals surface area contributed by atoms with Gasteiger partial charge in [-0.3, -0.25) is 0 Å². The molecular weight excluding hydrogens is 436 g/mol. The van der Waals surface area contributed by atoms with Gasteiger partial charge in [-0.1, -0.05) is 166 Å². The molecule has 36 heavy (non-hydrogen) atoms. The third-order valence-electron chi connectivity index (χ3n) is 7.97. The molecule has 2 nitrogen and oxygen atoms in total. The number of benzene rings is 1. The number of hydrogen-bond donors (Lipinski definition) is 0. The third kappa shape index (κ3) is 13.8. The van der Waals surface area contributed by atoms with Gasteiger partial charge in [0.2, 0.25) is 0 Å². The van der Waals surface area contributed by atoms with E-state index in [1.54, 1.807) is 0 Å². The van der Waals surface area contributed by atoms with Crippen LogP contribution in [0.5, 0.6) is 0 Å². The van der Waals surface area contributed by atoms with Crippen molar-refractivity contribution in [2.45, 2.75) is 155 Å². The molecule has 1 unspecified atom stereocenters. The zero-order valence-electron chi connectivity index (χ0n) is 24.3. The molecule has 0 aliphatic carbocycles. The van der Waals surface area contributed by atoms with Gasteiger partial charge in [0, 0.05) is 25.5 Å². The van der Waals surface area contributed by atoms with E-state index >= 15 is 0 Å². The predicted octanol–water partition coefficient (Wildman–Crippen LogP) is 11.0. The Bertz CT molecular complexity index is 625. The van der Waals surface area contributed by atoms with Gasteiger partial charge in [-0.15, -0.1) is 0 Å². The standard InChI is InChI=1S/C34H60N2/c1-3-5-7-9-10-11-12-13-14-15-16-17-18-19-21-26-30-36-32-31-35(29-25-20-8-6-4-2)34(36)33-27-23-22-24-28-33/h22-24,27-28,31-32,34H,3-21,25-26,29-30H2,1-2H3. The van der Waals surface area contributed by atoms with Crippen LogP contribution in [-0.4, -0.2) is 22.9 Å². The van der Waals surface area contributed by atoms with Crippen LogP contribution in [0.4, 0.5) is 0 Å². The van der Waals surface area contributed by atoms with Crippen molar-refractivity contribution < 1.29 is 0 Å². The Balaban J connectivity index is 1.51. The minimum Gasteiger partial charge on any atom is -0.352 e. The second-order valence-electron chi connectivity index (χ2n) is 11.3. The van der Waals surface area contributed by atoms with Gasteiger partial charge in [0.25, 0.3) is 0 Å². The van der Waals surface area contributed by atoms with Crippen LogP contribution < -0.4 is 0 Å². The SMILES string of the molecule is CCCCCCCCCCCCCCCCCCN1C=CN(CCCCCCC)C1c1ccccc1. The summed E-state index contributed by atoms with van der Waals surface area (Å²) in [6.45, 7) is 6.96. The Morgan fingerprint density at radius 1 is 0.444 bits per heavy atom. The van der Waals surface area contributed by atoms with Crippen LogP contribution in [0.3, 0.4) is 0 Å². The molecule has 1 aliphatic heterocycles. The predicted molar refractivity (Wildman–Crippen MR) is 160 cm³/mol. The van der Waals surface area contributed by atoms with Gasteiger partial charge >= 0.3 is 0 Å². The van der Waals surface area contributed by atoms with Crippen molar-refractivity contribution >= 4 is 0 Å². The summed E-state index contributed by atoms with van der Waals surface area (Å²) in [7, 11) is 0. The van der Waals surface area contributed by atoms with E-state index in [1.807, 2.05) is 0 Å². The van der Waals surface area contributed by atoms with E-state index in [9.17, 15) is 0 Å². The fourth-order valence-corrected chi connectivity index (χ4v) is 5.67. The molecular formula is C34H60N2. The average Bonchev–Trinajstić information content (AvgIpc) is 3.31. The molecule has 1 aromatic rings. The van der Waals surface area contributed by atoms with Crippen LogP contribution in [0.15, 0.2) is 42.7 Å². The fraction of sp³-hybridized carbons (Fsp3) is 0.765. The Labute approximate surface area is 225 Å². The first-order valence-corrected chi connectivity index (χ1v) is 16.1. The fourth-order valence-electron chi connectivity index (χ4n) is 5.67. The summed E-state index contributed by atoms with van der Waals surface area (Å²) in [5.74, 6) is 0. The van der Waals surface area contributed by atoms with Gasteiger partial charge in [-0.2, -0.15) is 0 Å². The van der Waals surface area contributed by atoms with Crippen molar-refractivity contribution in [3.63, 3.8) is 0 Å². The van der Waals surface area contributed by atoms with E-state index in [2.05, 4.69) is 66.4 Å². The lowest BCUT2D eigenvalue weighted by molar-refractivity contribution is 0.150. The van der Waals surface area contributed by atoms with E-state index in [-0.39, 0.29) is 0 Å². The van der Waals surface area contributed by atoms with Crippen molar-refractivity contribution in [2.24, 2.45) is 0 Å². The van der Waals surface area contributed by atoms with E-state index in [0.717, 1.165) is 0 Å². The van der Waals surface area contributed by atoms with Crippen molar-refractivity contribution in [3.8, 4) is 0 Å². The van der Waals surface area contributed by atoms with Crippen LogP contribution in [0.25, 0.3) is 0 Å². The van der Waals surface area contributed by atoms with Gasteiger partial charge < -0.3 is 9.80 Å². The molecule has 0 bridgehead atoms. The number of rotatable bonds is 24. The summed E-state index contributed by atoms with van der Waals surface area (Å²) >= 11 is 0. The average molecular weight is 497 g/mol. The molecule has 0 saturated heterocycles. The highest BCUT2D eigenvalue weighted by Gasteiger charge is 2.26. The summed E-state index contributed by atoms with van der Waals surface area (Å²) in [5.41, 5.74) is 1.44. The molecule has 0 saturated carbocycles. The zero-order valence-corrected chi connectivity index (χ0v) is 24.3. The van der Waals surface area contributed by atoms with Gasteiger partial charge in [0.1, 0.15) is 6.17 Å². The third-order valence-corrected chi connectivity index (χ3v) is 7.97. The highest BCUT2D eigenvalue weighted by Crippen LogP contribution is 2.31. The summed E-state index contributed by atoms with van der Waals surface area (Å²) < 4.78 is 0. The summed E-state index contributed by atoms with van der Waals surface area (Å²) in [6.07, 6.45) is 34.8. The molecule has 0 amide bonds. The Kier molecular flexibility index (Phi) is 18.5. The van der Waals surface area contributed by atoms with Gasteiger partial charge in [0.15, 0.2) is 0 Å². The molecule has 1 heterocycles. The molecule has 2 rings (SSSR count). The summed E-state index contributed by atoms with van der Waals surface area (Å²) in [6, 6.07) is 11.1. The van der Waals surface area contributed by atoms with E-state index < -0.39 is 0 Å². The van der Waals surface area contributed by atoms with E-state index in [4.69, 9.17) is 0 Å². The first kappa shape index (κ1) is 30.8. The molecule has 0 aromatic heterocycles. The number of nitrogens with zero attached hydrogens (tertiary/aromatic N) is 2. The number of hydrogen-bond acceptors (Lipinski definition) is 2. The highest BCUT2D eigenvalue weighted by molar-refractivity contribution is 5.21. The lowest BCUT2D eigenvalue weighted by Gasteiger charge is -2.33. The van der Waals surface area contributed by atoms with Gasteiger partial charge in [-0.25, -0.2) is 0 Å². The minimum absolute atomic E-state index is 0.397.